The maximum atomic E-state index is 6.05. The fourth-order valence-electron chi connectivity index (χ4n) is 3.89. The molecule has 2 aliphatic carbocycles. The van der Waals surface area contributed by atoms with Crippen molar-refractivity contribution in [3.63, 3.8) is 0 Å². The number of hydrogen-bond donors (Lipinski definition) is 0. The van der Waals surface area contributed by atoms with Crippen LogP contribution >= 0.6 is 11.6 Å². The van der Waals surface area contributed by atoms with Crippen LogP contribution in [0.5, 0.6) is 0 Å². The predicted molar refractivity (Wildman–Crippen MR) is 105 cm³/mol. The van der Waals surface area contributed by atoms with Gasteiger partial charge in [-0.3, -0.25) is 4.98 Å². The van der Waals surface area contributed by atoms with Crippen molar-refractivity contribution in [2.24, 2.45) is 0 Å². The number of aromatic nitrogens is 2. The van der Waals surface area contributed by atoms with Crippen LogP contribution in [0.15, 0.2) is 59.8 Å². The molecule has 1 atom stereocenters. The molecular formula is C22H17ClN2. The monoisotopic (exact) mass is 344 g/mol. The SMILES string of the molecule is ClC1=CCC(c2cnc3c4c(c5ccccc5c3n2)C=CCC4)C=C1. The van der Waals surface area contributed by atoms with Gasteiger partial charge in [-0.1, -0.05) is 60.2 Å². The Morgan fingerprint density at radius 2 is 1.92 bits per heavy atom. The Labute approximate surface area is 151 Å². The minimum Gasteiger partial charge on any atom is -0.252 e. The molecule has 122 valence electrons. The molecule has 2 nitrogen and oxygen atoms in total. The minimum absolute atomic E-state index is 0.245. The summed E-state index contributed by atoms with van der Waals surface area (Å²) in [6.07, 6.45) is 15.5. The summed E-state index contributed by atoms with van der Waals surface area (Å²) in [5, 5.41) is 3.26. The third kappa shape index (κ3) is 2.40. The molecule has 0 radical (unpaired) electrons. The second-order valence-electron chi connectivity index (χ2n) is 6.66. The van der Waals surface area contributed by atoms with Crippen molar-refractivity contribution < 1.29 is 0 Å². The Morgan fingerprint density at radius 3 is 2.76 bits per heavy atom. The molecule has 0 saturated carbocycles. The van der Waals surface area contributed by atoms with E-state index >= 15 is 0 Å². The van der Waals surface area contributed by atoms with E-state index in [-0.39, 0.29) is 5.92 Å². The zero-order valence-electron chi connectivity index (χ0n) is 13.7. The predicted octanol–water partition coefficient (Wildman–Crippen LogP) is 5.91. The lowest BCUT2D eigenvalue weighted by Gasteiger charge is -2.18. The van der Waals surface area contributed by atoms with Gasteiger partial charge in [0.15, 0.2) is 0 Å². The van der Waals surface area contributed by atoms with Crippen LogP contribution in [0.3, 0.4) is 0 Å². The summed E-state index contributed by atoms with van der Waals surface area (Å²) in [7, 11) is 0. The Bertz CT molecular complexity index is 1090. The van der Waals surface area contributed by atoms with Gasteiger partial charge in [-0.25, -0.2) is 4.98 Å². The average Bonchev–Trinajstić information content (AvgIpc) is 2.68. The highest BCUT2D eigenvalue weighted by Crippen LogP contribution is 2.36. The second-order valence-corrected chi connectivity index (χ2v) is 7.10. The molecule has 2 aromatic carbocycles. The molecule has 0 saturated heterocycles. The molecular weight excluding hydrogens is 328 g/mol. The van der Waals surface area contributed by atoms with Crippen LogP contribution in [0.2, 0.25) is 0 Å². The van der Waals surface area contributed by atoms with Crippen LogP contribution in [-0.2, 0) is 6.42 Å². The van der Waals surface area contributed by atoms with E-state index in [1.807, 2.05) is 18.3 Å². The minimum atomic E-state index is 0.245. The first-order valence-electron chi connectivity index (χ1n) is 8.72. The molecule has 0 spiro atoms. The molecule has 25 heavy (non-hydrogen) atoms. The summed E-state index contributed by atoms with van der Waals surface area (Å²) >= 11 is 6.05. The third-order valence-corrected chi connectivity index (χ3v) is 5.43. The lowest BCUT2D eigenvalue weighted by molar-refractivity contribution is 0.813. The highest BCUT2D eigenvalue weighted by molar-refractivity contribution is 6.31. The van der Waals surface area contributed by atoms with Crippen molar-refractivity contribution in [3.05, 3.63) is 76.6 Å². The fourth-order valence-corrected chi connectivity index (χ4v) is 4.05. The molecule has 1 aromatic heterocycles. The highest BCUT2D eigenvalue weighted by atomic mass is 35.5. The maximum Gasteiger partial charge on any atom is 0.0971 e. The molecule has 0 aliphatic heterocycles. The van der Waals surface area contributed by atoms with Crippen molar-refractivity contribution in [3.8, 4) is 0 Å². The molecule has 0 bridgehead atoms. The van der Waals surface area contributed by atoms with Gasteiger partial charge in [0.1, 0.15) is 0 Å². The number of allylic oxidation sites excluding steroid dienone is 5. The number of halogens is 1. The Kier molecular flexibility index (Phi) is 3.46. The molecule has 2 aliphatic rings. The third-order valence-electron chi connectivity index (χ3n) is 5.15. The van der Waals surface area contributed by atoms with Gasteiger partial charge in [-0.05, 0) is 41.9 Å². The van der Waals surface area contributed by atoms with Gasteiger partial charge in [0.25, 0.3) is 0 Å². The van der Waals surface area contributed by atoms with Gasteiger partial charge in [-0.2, -0.15) is 0 Å². The first kappa shape index (κ1) is 14.9. The first-order chi connectivity index (χ1) is 12.3. The number of fused-ring (bicyclic) bond motifs is 6. The molecule has 0 amide bonds. The Hall–Kier alpha value is -2.45. The molecule has 0 N–H and O–H groups in total. The van der Waals surface area contributed by atoms with Crippen LogP contribution < -0.4 is 0 Å². The lowest BCUT2D eigenvalue weighted by atomic mass is 9.90. The van der Waals surface area contributed by atoms with E-state index in [1.54, 1.807) is 0 Å². The molecule has 3 aromatic rings. The quantitative estimate of drug-likeness (QED) is 0.513. The summed E-state index contributed by atoms with van der Waals surface area (Å²) in [4.78, 5) is 9.90. The second kappa shape index (κ2) is 5.82. The summed E-state index contributed by atoms with van der Waals surface area (Å²) in [5.41, 5.74) is 5.73. The average molecular weight is 345 g/mol. The van der Waals surface area contributed by atoms with Crippen molar-refractivity contribution in [1.82, 2.24) is 9.97 Å². The summed E-state index contributed by atoms with van der Waals surface area (Å²) in [5.74, 6) is 0.245. The number of hydrogen-bond acceptors (Lipinski definition) is 2. The van der Waals surface area contributed by atoms with Gasteiger partial charge < -0.3 is 0 Å². The Balaban J connectivity index is 1.78. The topological polar surface area (TPSA) is 25.8 Å². The van der Waals surface area contributed by atoms with Crippen molar-refractivity contribution in [2.45, 2.75) is 25.2 Å². The van der Waals surface area contributed by atoms with E-state index in [4.69, 9.17) is 21.6 Å². The van der Waals surface area contributed by atoms with E-state index in [0.717, 1.165) is 41.0 Å². The number of nitrogens with zero attached hydrogens (tertiary/aromatic N) is 2. The standard InChI is InChI=1S/C22H17ClN2/c23-15-11-9-14(10-12-15)20-13-24-21-18-7-3-1-5-16(18)17-6-2-4-8-19(17)22(21)25-20/h1-2,4-6,8-9,11-14H,3,7,10H2. The normalized spacial score (nSPS) is 19.2. The molecule has 5 rings (SSSR count). The zero-order valence-corrected chi connectivity index (χ0v) is 14.5. The number of aryl methyl sites for hydroxylation is 1. The molecule has 1 heterocycles. The van der Waals surface area contributed by atoms with Gasteiger partial charge >= 0.3 is 0 Å². The first-order valence-corrected chi connectivity index (χ1v) is 9.09. The van der Waals surface area contributed by atoms with E-state index in [2.05, 4.69) is 42.5 Å². The fraction of sp³-hybridized carbons (Fsp3) is 0.182. The van der Waals surface area contributed by atoms with Gasteiger partial charge in [0, 0.05) is 22.5 Å². The molecule has 0 fully saturated rings. The smallest absolute Gasteiger partial charge is 0.0971 e. The van der Waals surface area contributed by atoms with Crippen LogP contribution in [0.1, 0.15) is 35.6 Å². The summed E-state index contributed by atoms with van der Waals surface area (Å²) < 4.78 is 0. The summed E-state index contributed by atoms with van der Waals surface area (Å²) in [6.45, 7) is 0. The molecule has 3 heteroatoms. The van der Waals surface area contributed by atoms with E-state index in [9.17, 15) is 0 Å². The van der Waals surface area contributed by atoms with Crippen molar-refractivity contribution >= 4 is 39.5 Å². The lowest BCUT2D eigenvalue weighted by Crippen LogP contribution is -2.05. The van der Waals surface area contributed by atoms with Crippen molar-refractivity contribution in [2.75, 3.05) is 0 Å². The largest absolute Gasteiger partial charge is 0.252 e. The van der Waals surface area contributed by atoms with E-state index < -0.39 is 0 Å². The van der Waals surface area contributed by atoms with Crippen LogP contribution in [0.4, 0.5) is 0 Å². The van der Waals surface area contributed by atoms with Gasteiger partial charge in [0.05, 0.1) is 16.7 Å². The number of rotatable bonds is 1. The zero-order chi connectivity index (χ0) is 16.8. The Morgan fingerprint density at radius 1 is 1.04 bits per heavy atom. The van der Waals surface area contributed by atoms with Crippen molar-refractivity contribution in [1.29, 1.82) is 0 Å². The van der Waals surface area contributed by atoms with Gasteiger partial charge in [0.2, 0.25) is 0 Å². The summed E-state index contributed by atoms with van der Waals surface area (Å²) in [6, 6.07) is 8.54. The van der Waals surface area contributed by atoms with E-state index in [0.29, 0.717) is 0 Å². The molecule has 1 unspecified atom stereocenters. The van der Waals surface area contributed by atoms with E-state index in [1.165, 1.54) is 21.9 Å². The van der Waals surface area contributed by atoms with Crippen LogP contribution in [-0.4, -0.2) is 9.97 Å². The number of benzene rings is 2. The van der Waals surface area contributed by atoms with Gasteiger partial charge in [-0.15, -0.1) is 0 Å². The maximum absolute atomic E-state index is 6.05. The van der Waals surface area contributed by atoms with Crippen LogP contribution in [0, 0.1) is 0 Å². The van der Waals surface area contributed by atoms with Crippen LogP contribution in [0.25, 0.3) is 27.9 Å². The highest BCUT2D eigenvalue weighted by Gasteiger charge is 2.19.